The van der Waals surface area contributed by atoms with Crippen LogP contribution in [0.2, 0.25) is 0 Å². The van der Waals surface area contributed by atoms with Crippen molar-refractivity contribution in [2.75, 3.05) is 0 Å². The fourth-order valence-electron chi connectivity index (χ4n) is 1.74. The number of carbonyl (C=O) groups excluding carboxylic acids is 1. The summed E-state index contributed by atoms with van der Waals surface area (Å²) in [7, 11) is 0. The Hall–Kier alpha value is -3.03. The number of aromatic nitrogens is 5. The minimum Gasteiger partial charge on any atom is -0.341 e. The Morgan fingerprint density at radius 2 is 2.29 bits per heavy atom. The molecule has 3 aromatic rings. The van der Waals surface area contributed by atoms with Gasteiger partial charge < -0.3 is 14.8 Å². The molecule has 3 heterocycles. The van der Waals surface area contributed by atoms with Gasteiger partial charge in [-0.3, -0.25) is 9.78 Å². The lowest BCUT2D eigenvalue weighted by molar-refractivity contribution is 0.0928. The third kappa shape index (κ3) is 2.78. The molecule has 3 rings (SSSR count). The minimum absolute atomic E-state index is 0.291. The number of hydrogen-bond acceptors (Lipinski definition) is 6. The normalized spacial score (nSPS) is 12.0. The summed E-state index contributed by atoms with van der Waals surface area (Å²) >= 11 is 0. The van der Waals surface area contributed by atoms with E-state index >= 15 is 0 Å². The van der Waals surface area contributed by atoms with Gasteiger partial charge in [-0.15, -0.1) is 0 Å². The van der Waals surface area contributed by atoms with Crippen LogP contribution in [0.15, 0.2) is 41.6 Å². The van der Waals surface area contributed by atoms with Crippen molar-refractivity contribution in [3.05, 3.63) is 48.6 Å². The van der Waals surface area contributed by atoms with Crippen LogP contribution in [0.4, 0.5) is 0 Å². The maximum atomic E-state index is 11.9. The third-order valence-electron chi connectivity index (χ3n) is 2.82. The van der Waals surface area contributed by atoms with Gasteiger partial charge in [0.1, 0.15) is 11.7 Å². The third-order valence-corrected chi connectivity index (χ3v) is 2.82. The second kappa shape index (κ2) is 5.53. The topological polar surface area (TPSA) is 110 Å². The Kier molecular flexibility index (Phi) is 3.42. The molecule has 0 aromatic carbocycles. The SMILES string of the molecule is CC(NC(=O)c1cnc[nH]1)c1nc(-c2cccnc2)no1. The zero-order valence-corrected chi connectivity index (χ0v) is 11.1. The number of nitrogens with zero attached hydrogens (tertiary/aromatic N) is 4. The van der Waals surface area contributed by atoms with E-state index < -0.39 is 6.04 Å². The van der Waals surface area contributed by atoms with Crippen LogP contribution in [0, 0.1) is 0 Å². The lowest BCUT2D eigenvalue weighted by Crippen LogP contribution is -2.27. The molecule has 0 aliphatic rings. The highest BCUT2D eigenvalue weighted by molar-refractivity contribution is 5.92. The fourth-order valence-corrected chi connectivity index (χ4v) is 1.74. The summed E-state index contributed by atoms with van der Waals surface area (Å²) in [5.74, 6) is 0.462. The number of nitrogens with one attached hydrogen (secondary N) is 2. The molecule has 0 aliphatic heterocycles. The van der Waals surface area contributed by atoms with Gasteiger partial charge in [0.15, 0.2) is 0 Å². The first-order valence-electron chi connectivity index (χ1n) is 6.27. The van der Waals surface area contributed by atoms with Gasteiger partial charge in [0.05, 0.1) is 12.5 Å². The quantitative estimate of drug-likeness (QED) is 0.748. The molecular formula is C13H12N6O2. The number of rotatable bonds is 4. The maximum Gasteiger partial charge on any atom is 0.269 e. The predicted molar refractivity (Wildman–Crippen MR) is 72.0 cm³/mol. The molecule has 0 aliphatic carbocycles. The van der Waals surface area contributed by atoms with Crippen LogP contribution in [0.25, 0.3) is 11.4 Å². The Balaban J connectivity index is 1.73. The van der Waals surface area contributed by atoms with E-state index in [2.05, 4.69) is 30.4 Å². The molecule has 0 radical (unpaired) electrons. The molecular weight excluding hydrogens is 272 g/mol. The lowest BCUT2D eigenvalue weighted by Gasteiger charge is -2.07. The van der Waals surface area contributed by atoms with Gasteiger partial charge >= 0.3 is 0 Å². The van der Waals surface area contributed by atoms with E-state index in [9.17, 15) is 4.79 Å². The number of aromatic amines is 1. The molecule has 0 bridgehead atoms. The molecule has 3 aromatic heterocycles. The lowest BCUT2D eigenvalue weighted by atomic mass is 10.2. The number of H-pyrrole nitrogens is 1. The van der Waals surface area contributed by atoms with E-state index in [-0.39, 0.29) is 5.91 Å². The summed E-state index contributed by atoms with van der Waals surface area (Å²) < 4.78 is 5.17. The van der Waals surface area contributed by atoms with E-state index in [0.717, 1.165) is 5.56 Å². The van der Waals surface area contributed by atoms with Gasteiger partial charge in [0.2, 0.25) is 11.7 Å². The second-order valence-electron chi connectivity index (χ2n) is 4.36. The maximum absolute atomic E-state index is 11.9. The van der Waals surface area contributed by atoms with Crippen LogP contribution >= 0.6 is 0 Å². The van der Waals surface area contributed by atoms with Crippen molar-refractivity contribution in [1.82, 2.24) is 30.4 Å². The van der Waals surface area contributed by atoms with Crippen molar-refractivity contribution < 1.29 is 9.32 Å². The summed E-state index contributed by atoms with van der Waals surface area (Å²) in [5, 5.41) is 6.62. The number of carbonyl (C=O) groups is 1. The van der Waals surface area contributed by atoms with Crippen molar-refractivity contribution >= 4 is 5.91 Å². The number of hydrogen-bond donors (Lipinski definition) is 2. The number of imidazole rings is 1. The summed E-state index contributed by atoms with van der Waals surface area (Å²) in [6.45, 7) is 1.76. The van der Waals surface area contributed by atoms with Gasteiger partial charge in [-0.2, -0.15) is 4.98 Å². The molecule has 0 saturated heterocycles. The molecule has 0 spiro atoms. The van der Waals surface area contributed by atoms with Crippen molar-refractivity contribution in [1.29, 1.82) is 0 Å². The Morgan fingerprint density at radius 3 is 3.00 bits per heavy atom. The van der Waals surface area contributed by atoms with Crippen LogP contribution < -0.4 is 5.32 Å². The molecule has 1 amide bonds. The number of pyridine rings is 1. The molecule has 1 atom stereocenters. The van der Waals surface area contributed by atoms with Crippen LogP contribution in [0.3, 0.4) is 0 Å². The van der Waals surface area contributed by atoms with Gasteiger partial charge in [0, 0.05) is 18.0 Å². The van der Waals surface area contributed by atoms with Gasteiger partial charge in [0.25, 0.3) is 5.91 Å². The smallest absolute Gasteiger partial charge is 0.269 e. The summed E-state index contributed by atoms with van der Waals surface area (Å²) in [6.07, 6.45) is 6.18. The number of amides is 1. The van der Waals surface area contributed by atoms with Crippen molar-refractivity contribution in [2.24, 2.45) is 0 Å². The molecule has 21 heavy (non-hydrogen) atoms. The van der Waals surface area contributed by atoms with Crippen LogP contribution in [0.1, 0.15) is 29.3 Å². The first-order chi connectivity index (χ1) is 10.2. The van der Waals surface area contributed by atoms with E-state index in [1.165, 1.54) is 12.5 Å². The zero-order chi connectivity index (χ0) is 14.7. The van der Waals surface area contributed by atoms with Gasteiger partial charge in [-0.1, -0.05) is 5.16 Å². The minimum atomic E-state index is -0.418. The first-order valence-corrected chi connectivity index (χ1v) is 6.27. The Bertz CT molecular complexity index is 722. The first kappa shape index (κ1) is 13.0. The highest BCUT2D eigenvalue weighted by atomic mass is 16.5. The average Bonchev–Trinajstić information content (AvgIpc) is 3.20. The van der Waals surface area contributed by atoms with Gasteiger partial charge in [-0.25, -0.2) is 4.98 Å². The summed E-state index contributed by atoms with van der Waals surface area (Å²) in [5.41, 5.74) is 1.12. The van der Waals surface area contributed by atoms with Gasteiger partial charge in [-0.05, 0) is 19.1 Å². The molecule has 8 heteroatoms. The van der Waals surface area contributed by atoms with E-state index in [0.29, 0.717) is 17.4 Å². The van der Waals surface area contributed by atoms with E-state index in [4.69, 9.17) is 4.52 Å². The fraction of sp³-hybridized carbons (Fsp3) is 0.154. The standard InChI is InChI=1S/C13H12N6O2/c1-8(17-12(20)10-6-15-7-16-10)13-18-11(19-21-13)9-3-2-4-14-5-9/h2-8H,1H3,(H,15,16)(H,17,20). The molecule has 8 nitrogen and oxygen atoms in total. The van der Waals surface area contributed by atoms with Crippen molar-refractivity contribution in [3.63, 3.8) is 0 Å². The Labute approximate surface area is 119 Å². The van der Waals surface area contributed by atoms with Crippen molar-refractivity contribution in [3.8, 4) is 11.4 Å². The van der Waals surface area contributed by atoms with E-state index in [1.54, 1.807) is 25.4 Å². The van der Waals surface area contributed by atoms with Crippen LogP contribution in [-0.4, -0.2) is 31.0 Å². The zero-order valence-electron chi connectivity index (χ0n) is 11.1. The second-order valence-corrected chi connectivity index (χ2v) is 4.36. The molecule has 1 unspecified atom stereocenters. The Morgan fingerprint density at radius 1 is 1.38 bits per heavy atom. The van der Waals surface area contributed by atoms with Crippen LogP contribution in [0.5, 0.6) is 0 Å². The largest absolute Gasteiger partial charge is 0.341 e. The molecule has 2 N–H and O–H groups in total. The van der Waals surface area contributed by atoms with Crippen LogP contribution in [-0.2, 0) is 0 Å². The van der Waals surface area contributed by atoms with Crippen molar-refractivity contribution in [2.45, 2.75) is 13.0 Å². The summed E-state index contributed by atoms with van der Waals surface area (Å²) in [6, 6.07) is 3.20. The summed E-state index contributed by atoms with van der Waals surface area (Å²) in [4.78, 5) is 26.7. The highest BCUT2D eigenvalue weighted by Gasteiger charge is 2.18. The monoisotopic (exact) mass is 284 g/mol. The molecule has 0 saturated carbocycles. The highest BCUT2D eigenvalue weighted by Crippen LogP contribution is 2.17. The molecule has 106 valence electrons. The predicted octanol–water partition coefficient (Wildman–Crippen LogP) is 1.35. The van der Waals surface area contributed by atoms with E-state index in [1.807, 2.05) is 6.07 Å². The molecule has 0 fully saturated rings. The average molecular weight is 284 g/mol.